The van der Waals surface area contributed by atoms with Crippen LogP contribution in [0.25, 0.3) is 0 Å². The van der Waals surface area contributed by atoms with Crippen LogP contribution < -0.4 is 0 Å². The quantitative estimate of drug-likeness (QED) is 0.783. The number of carbonyl (C=O) groups excluding carboxylic acids is 1. The van der Waals surface area contributed by atoms with Crippen molar-refractivity contribution in [1.29, 1.82) is 0 Å². The Hall–Kier alpha value is -0.740. The zero-order valence-electron chi connectivity index (χ0n) is 12.6. The Morgan fingerprint density at radius 3 is 2.26 bits per heavy atom. The van der Waals surface area contributed by atoms with Gasteiger partial charge in [0.05, 0.1) is 0 Å². The monoisotopic (exact) mass is 288 g/mol. The molecule has 1 rings (SSSR count). The number of likely N-dealkylation sites (N-methyl/N-ethyl adjacent to an activating group) is 1. The molecule has 0 radical (unpaired) electrons. The summed E-state index contributed by atoms with van der Waals surface area (Å²) in [6.45, 7) is 7.79. The smallest absolute Gasteiger partial charge is 0.410 e. The third-order valence-corrected chi connectivity index (χ3v) is 3.24. The van der Waals surface area contributed by atoms with E-state index in [1.54, 1.807) is 4.90 Å². The second kappa shape index (κ2) is 6.62. The normalized spacial score (nSPS) is 16.8. The summed E-state index contributed by atoms with van der Waals surface area (Å²) in [5.41, 5.74) is 0.825. The molecule has 1 amide bonds. The molecular formula is C14H25ClN2O2. The van der Waals surface area contributed by atoms with Gasteiger partial charge in [-0.3, -0.25) is 0 Å². The number of likely N-dealkylation sites (tertiary alicyclic amines) is 1. The first-order chi connectivity index (χ1) is 8.69. The zero-order chi connectivity index (χ0) is 14.6. The van der Waals surface area contributed by atoms with Crippen molar-refractivity contribution in [3.63, 3.8) is 0 Å². The van der Waals surface area contributed by atoms with Gasteiger partial charge < -0.3 is 14.5 Å². The minimum atomic E-state index is -0.435. The summed E-state index contributed by atoms with van der Waals surface area (Å²) < 4.78 is 5.37. The van der Waals surface area contributed by atoms with E-state index in [2.05, 4.69) is 4.90 Å². The van der Waals surface area contributed by atoms with E-state index in [1.807, 2.05) is 34.9 Å². The first-order valence-corrected chi connectivity index (χ1v) is 7.06. The van der Waals surface area contributed by atoms with Gasteiger partial charge in [0.25, 0.3) is 0 Å². The average molecular weight is 289 g/mol. The minimum Gasteiger partial charge on any atom is -0.444 e. The maximum Gasteiger partial charge on any atom is 0.410 e. The summed E-state index contributed by atoms with van der Waals surface area (Å²) >= 11 is 6.29. The Morgan fingerprint density at radius 2 is 1.84 bits per heavy atom. The molecule has 1 aliphatic heterocycles. The van der Waals surface area contributed by atoms with Crippen molar-refractivity contribution < 1.29 is 9.53 Å². The van der Waals surface area contributed by atoms with Crippen molar-refractivity contribution in [2.24, 2.45) is 0 Å². The van der Waals surface area contributed by atoms with Crippen LogP contribution in [0, 0.1) is 0 Å². The van der Waals surface area contributed by atoms with Crippen molar-refractivity contribution in [1.82, 2.24) is 9.80 Å². The number of hydrogen-bond donors (Lipinski definition) is 0. The van der Waals surface area contributed by atoms with E-state index in [9.17, 15) is 4.79 Å². The lowest BCUT2D eigenvalue weighted by Crippen LogP contribution is -2.40. The highest BCUT2D eigenvalue weighted by molar-refractivity contribution is 6.30. The first-order valence-electron chi connectivity index (χ1n) is 6.68. The molecular weight excluding hydrogens is 264 g/mol. The van der Waals surface area contributed by atoms with E-state index >= 15 is 0 Å². The molecule has 0 aliphatic carbocycles. The molecule has 110 valence electrons. The lowest BCUT2D eigenvalue weighted by molar-refractivity contribution is 0.0236. The molecule has 1 fully saturated rings. The third-order valence-electron chi connectivity index (χ3n) is 2.86. The fraction of sp³-hybridized carbons (Fsp3) is 0.786. The van der Waals surface area contributed by atoms with Crippen LogP contribution in [0.2, 0.25) is 0 Å². The number of piperidine rings is 1. The molecule has 4 nitrogen and oxygen atoms in total. The highest BCUT2D eigenvalue weighted by Crippen LogP contribution is 2.23. The van der Waals surface area contributed by atoms with Crippen molar-refractivity contribution in [2.45, 2.75) is 39.2 Å². The number of amides is 1. The molecule has 0 bridgehead atoms. The lowest BCUT2D eigenvalue weighted by Gasteiger charge is -2.31. The Balaban J connectivity index is 2.51. The van der Waals surface area contributed by atoms with E-state index in [-0.39, 0.29) is 6.09 Å². The molecule has 0 aromatic rings. The number of rotatable bonds is 2. The molecule has 0 unspecified atom stereocenters. The van der Waals surface area contributed by atoms with E-state index in [0.29, 0.717) is 13.1 Å². The van der Waals surface area contributed by atoms with E-state index in [1.165, 1.54) is 5.57 Å². The molecule has 0 spiro atoms. The average Bonchev–Trinajstić information content (AvgIpc) is 2.26. The van der Waals surface area contributed by atoms with Crippen LogP contribution in [0.5, 0.6) is 0 Å². The third kappa shape index (κ3) is 5.83. The van der Waals surface area contributed by atoms with Crippen LogP contribution in [0.3, 0.4) is 0 Å². The molecule has 0 atom stereocenters. The molecule has 1 heterocycles. The van der Waals surface area contributed by atoms with Crippen LogP contribution in [0.15, 0.2) is 10.6 Å². The summed E-state index contributed by atoms with van der Waals surface area (Å²) in [6.07, 6.45) is 1.45. The van der Waals surface area contributed by atoms with Gasteiger partial charge in [-0.1, -0.05) is 17.2 Å². The standard InChI is InChI=1S/C14H25ClN2O2/c1-14(2,3)19-13(18)17-8-6-11(7-9-17)12(15)10-16(4)5/h6-10H2,1-5H3. The molecule has 1 saturated heterocycles. The van der Waals surface area contributed by atoms with Crippen LogP contribution in [0.4, 0.5) is 4.79 Å². The zero-order valence-corrected chi connectivity index (χ0v) is 13.4. The summed E-state index contributed by atoms with van der Waals surface area (Å²) in [4.78, 5) is 15.7. The van der Waals surface area contributed by atoms with Crippen molar-refractivity contribution in [3.05, 3.63) is 10.6 Å². The van der Waals surface area contributed by atoms with Gasteiger partial charge in [-0.05, 0) is 47.7 Å². The minimum absolute atomic E-state index is 0.227. The number of hydrogen-bond acceptors (Lipinski definition) is 3. The number of halogens is 1. The first kappa shape index (κ1) is 16.3. The summed E-state index contributed by atoms with van der Waals surface area (Å²) in [6, 6.07) is 0. The van der Waals surface area contributed by atoms with Crippen molar-refractivity contribution >= 4 is 17.7 Å². The van der Waals surface area contributed by atoms with Gasteiger partial charge in [0.2, 0.25) is 0 Å². The van der Waals surface area contributed by atoms with Gasteiger partial charge in [0.15, 0.2) is 0 Å². The van der Waals surface area contributed by atoms with Gasteiger partial charge >= 0.3 is 6.09 Å². The maximum absolute atomic E-state index is 11.9. The van der Waals surface area contributed by atoms with Crippen molar-refractivity contribution in [3.8, 4) is 0 Å². The SMILES string of the molecule is CN(C)CC(Cl)=C1CCN(C(=O)OC(C)(C)C)CC1. The summed E-state index contributed by atoms with van der Waals surface area (Å²) in [5.74, 6) is 0. The van der Waals surface area contributed by atoms with Gasteiger partial charge in [-0.15, -0.1) is 0 Å². The number of nitrogens with zero attached hydrogens (tertiary/aromatic N) is 2. The number of carbonyl (C=O) groups is 1. The Bertz CT molecular complexity index is 349. The molecule has 0 saturated carbocycles. The van der Waals surface area contributed by atoms with Gasteiger partial charge in [0, 0.05) is 24.7 Å². The predicted molar refractivity (Wildman–Crippen MR) is 78.5 cm³/mol. The lowest BCUT2D eigenvalue weighted by atomic mass is 10.0. The van der Waals surface area contributed by atoms with E-state index in [4.69, 9.17) is 16.3 Å². The number of ether oxygens (including phenoxy) is 1. The van der Waals surface area contributed by atoms with Gasteiger partial charge in [-0.2, -0.15) is 0 Å². The topological polar surface area (TPSA) is 32.8 Å². The van der Waals surface area contributed by atoms with Gasteiger partial charge in [0.1, 0.15) is 5.60 Å². The van der Waals surface area contributed by atoms with Crippen LogP contribution in [-0.4, -0.2) is 55.2 Å². The van der Waals surface area contributed by atoms with Crippen LogP contribution in [-0.2, 0) is 4.74 Å². The fourth-order valence-electron chi connectivity index (χ4n) is 1.95. The summed E-state index contributed by atoms with van der Waals surface area (Å²) in [5, 5.41) is 0.911. The maximum atomic E-state index is 11.9. The Kier molecular flexibility index (Phi) is 5.68. The van der Waals surface area contributed by atoms with Crippen LogP contribution >= 0.6 is 11.6 Å². The van der Waals surface area contributed by atoms with E-state index < -0.39 is 5.60 Å². The molecule has 0 aromatic heterocycles. The highest BCUT2D eigenvalue weighted by atomic mass is 35.5. The largest absolute Gasteiger partial charge is 0.444 e. The molecule has 19 heavy (non-hydrogen) atoms. The molecule has 0 N–H and O–H groups in total. The molecule has 1 aliphatic rings. The van der Waals surface area contributed by atoms with Crippen LogP contribution in [0.1, 0.15) is 33.6 Å². The Labute approximate surface area is 121 Å². The second-order valence-electron chi connectivity index (χ2n) is 6.21. The fourth-order valence-corrected chi connectivity index (χ4v) is 2.37. The second-order valence-corrected chi connectivity index (χ2v) is 6.67. The molecule has 5 heteroatoms. The Morgan fingerprint density at radius 1 is 1.32 bits per heavy atom. The summed E-state index contributed by atoms with van der Waals surface area (Å²) in [7, 11) is 4.00. The van der Waals surface area contributed by atoms with Gasteiger partial charge in [-0.25, -0.2) is 4.79 Å². The predicted octanol–water partition coefficient (Wildman–Crippen LogP) is 3.07. The molecule has 0 aromatic carbocycles. The van der Waals surface area contributed by atoms with Crippen molar-refractivity contribution in [2.75, 3.05) is 33.7 Å². The highest BCUT2D eigenvalue weighted by Gasteiger charge is 2.25. The van der Waals surface area contributed by atoms with E-state index in [0.717, 1.165) is 24.4 Å².